The van der Waals surface area contributed by atoms with Crippen LogP contribution in [-0.2, 0) is 0 Å². The average Bonchev–Trinajstić information content (AvgIpc) is 3.17. The van der Waals surface area contributed by atoms with E-state index in [2.05, 4.69) is 33.7 Å². The summed E-state index contributed by atoms with van der Waals surface area (Å²) in [6, 6.07) is 12.1. The lowest BCUT2D eigenvalue weighted by Gasteiger charge is -2.03. The molecule has 0 bridgehead atoms. The first-order valence-corrected chi connectivity index (χ1v) is 9.10. The van der Waals surface area contributed by atoms with E-state index in [-0.39, 0.29) is 0 Å². The highest BCUT2D eigenvalue weighted by atomic mass is 16.3. The summed E-state index contributed by atoms with van der Waals surface area (Å²) >= 11 is 0. The minimum absolute atomic E-state index is 0.728. The van der Waals surface area contributed by atoms with E-state index in [0.717, 1.165) is 44.7 Å². The highest BCUT2D eigenvalue weighted by molar-refractivity contribution is 6.09. The van der Waals surface area contributed by atoms with Crippen LogP contribution in [0.2, 0.25) is 0 Å². The predicted octanol–water partition coefficient (Wildman–Crippen LogP) is 6.22. The van der Waals surface area contributed by atoms with Crippen LogP contribution in [0.5, 0.6) is 0 Å². The summed E-state index contributed by atoms with van der Waals surface area (Å²) in [6.07, 6.45) is 10.9. The maximum absolute atomic E-state index is 6.18. The SMILES string of the molecule is C=C/C(=C\N=CC)c1ccnc2cc(-c3ccc(/C(C=NC)=C/C)cc3)oc12. The molecule has 28 heavy (non-hydrogen) atoms. The molecule has 0 aliphatic heterocycles. The van der Waals surface area contributed by atoms with E-state index in [1.165, 1.54) is 0 Å². The van der Waals surface area contributed by atoms with E-state index in [4.69, 9.17) is 4.42 Å². The van der Waals surface area contributed by atoms with E-state index in [0.29, 0.717) is 0 Å². The van der Waals surface area contributed by atoms with Crippen LogP contribution in [0.4, 0.5) is 0 Å². The molecular weight excluding hydrogens is 346 g/mol. The molecule has 4 nitrogen and oxygen atoms in total. The van der Waals surface area contributed by atoms with E-state index >= 15 is 0 Å². The summed E-state index contributed by atoms with van der Waals surface area (Å²) in [5.41, 5.74) is 6.53. The molecule has 0 spiro atoms. The quantitative estimate of drug-likeness (QED) is 0.383. The molecule has 0 saturated heterocycles. The standard InChI is InChI=1S/C24H23N3O/c1-5-17(15-25-4)19-8-10-20(11-9-19)23-14-22-24(28-23)21(12-13-27-22)18(6-2)16-26-7-3/h5-16H,2H2,1,3-4H3/b17-5+,18-16+,25-15?,26-7?. The van der Waals surface area contributed by atoms with Crippen molar-refractivity contribution in [2.75, 3.05) is 7.05 Å². The molecule has 0 aliphatic carbocycles. The summed E-state index contributed by atoms with van der Waals surface area (Å²) in [4.78, 5) is 12.8. The van der Waals surface area contributed by atoms with Crippen molar-refractivity contribution < 1.29 is 4.42 Å². The van der Waals surface area contributed by atoms with Crippen molar-refractivity contribution in [2.24, 2.45) is 9.98 Å². The Labute approximate surface area is 165 Å². The van der Waals surface area contributed by atoms with Crippen LogP contribution in [-0.4, -0.2) is 24.5 Å². The third-order valence-corrected chi connectivity index (χ3v) is 4.39. The van der Waals surface area contributed by atoms with Gasteiger partial charge in [-0.2, -0.15) is 0 Å². The Morgan fingerprint density at radius 2 is 1.89 bits per heavy atom. The largest absolute Gasteiger partial charge is 0.454 e. The van der Waals surface area contributed by atoms with Gasteiger partial charge in [0.1, 0.15) is 11.3 Å². The van der Waals surface area contributed by atoms with Crippen molar-refractivity contribution in [3.05, 3.63) is 78.7 Å². The first-order chi connectivity index (χ1) is 13.7. The molecule has 0 amide bonds. The van der Waals surface area contributed by atoms with Gasteiger partial charge in [-0.05, 0) is 31.1 Å². The summed E-state index contributed by atoms with van der Waals surface area (Å²) in [5, 5.41) is 0. The zero-order chi connectivity index (χ0) is 19.9. The zero-order valence-electron chi connectivity index (χ0n) is 16.4. The Bertz CT molecular complexity index is 1100. The second-order valence-corrected chi connectivity index (χ2v) is 6.09. The summed E-state index contributed by atoms with van der Waals surface area (Å²) in [7, 11) is 1.77. The van der Waals surface area contributed by atoms with Crippen molar-refractivity contribution >= 4 is 34.7 Å². The number of fused-ring (bicyclic) bond motifs is 1. The second-order valence-electron chi connectivity index (χ2n) is 6.09. The lowest BCUT2D eigenvalue weighted by molar-refractivity contribution is 0.630. The first-order valence-electron chi connectivity index (χ1n) is 9.10. The molecule has 0 atom stereocenters. The normalized spacial score (nSPS) is 13.1. The first kappa shape index (κ1) is 19.2. The van der Waals surface area contributed by atoms with E-state index < -0.39 is 0 Å². The fraction of sp³-hybridized carbons (Fsp3) is 0.125. The van der Waals surface area contributed by atoms with Crippen LogP contribution >= 0.6 is 0 Å². The van der Waals surface area contributed by atoms with Gasteiger partial charge in [0.05, 0.1) is 0 Å². The number of aliphatic imine (C=N–C) groups is 2. The van der Waals surface area contributed by atoms with Gasteiger partial charge in [-0.25, -0.2) is 0 Å². The molecule has 4 heteroatoms. The van der Waals surface area contributed by atoms with Crippen molar-refractivity contribution in [3.8, 4) is 11.3 Å². The molecule has 0 unspecified atom stereocenters. The minimum Gasteiger partial charge on any atom is -0.454 e. The number of allylic oxidation sites excluding steroid dienone is 4. The molecule has 1 aromatic carbocycles. The van der Waals surface area contributed by atoms with Crippen LogP contribution in [0.25, 0.3) is 33.6 Å². The van der Waals surface area contributed by atoms with Gasteiger partial charge < -0.3 is 4.42 Å². The number of benzene rings is 1. The van der Waals surface area contributed by atoms with Crippen LogP contribution in [0.1, 0.15) is 25.0 Å². The third-order valence-electron chi connectivity index (χ3n) is 4.39. The smallest absolute Gasteiger partial charge is 0.161 e. The Balaban J connectivity index is 2.04. The molecule has 0 N–H and O–H groups in total. The van der Waals surface area contributed by atoms with Gasteiger partial charge in [0.2, 0.25) is 0 Å². The van der Waals surface area contributed by atoms with Gasteiger partial charge in [-0.15, -0.1) is 0 Å². The van der Waals surface area contributed by atoms with Crippen molar-refractivity contribution in [1.29, 1.82) is 0 Å². The van der Waals surface area contributed by atoms with Gasteiger partial charge in [0.25, 0.3) is 0 Å². The number of nitrogens with zero attached hydrogens (tertiary/aromatic N) is 3. The highest BCUT2D eigenvalue weighted by Gasteiger charge is 2.13. The molecular formula is C24H23N3O. The Kier molecular flexibility index (Phi) is 6.12. The van der Waals surface area contributed by atoms with Crippen LogP contribution in [0.3, 0.4) is 0 Å². The topological polar surface area (TPSA) is 50.8 Å². The number of pyridine rings is 1. The van der Waals surface area contributed by atoms with Crippen molar-refractivity contribution in [1.82, 2.24) is 4.98 Å². The van der Waals surface area contributed by atoms with Gasteiger partial charge in [-0.1, -0.05) is 43.0 Å². The molecule has 2 heterocycles. The van der Waals surface area contributed by atoms with Gasteiger partial charge in [0.15, 0.2) is 5.58 Å². The number of hydrogen-bond acceptors (Lipinski definition) is 4. The molecule has 0 aliphatic rings. The Morgan fingerprint density at radius 1 is 1.11 bits per heavy atom. The van der Waals surface area contributed by atoms with E-state index in [1.807, 2.05) is 50.4 Å². The second kappa shape index (κ2) is 8.91. The molecule has 140 valence electrons. The average molecular weight is 369 g/mol. The predicted molar refractivity (Wildman–Crippen MR) is 120 cm³/mol. The summed E-state index contributed by atoms with van der Waals surface area (Å²) in [6.45, 7) is 7.77. The fourth-order valence-electron chi connectivity index (χ4n) is 2.98. The summed E-state index contributed by atoms with van der Waals surface area (Å²) < 4.78 is 6.18. The maximum Gasteiger partial charge on any atom is 0.161 e. The summed E-state index contributed by atoms with van der Waals surface area (Å²) in [5.74, 6) is 0.773. The lowest BCUT2D eigenvalue weighted by atomic mass is 10.0. The minimum atomic E-state index is 0.728. The van der Waals surface area contributed by atoms with Crippen LogP contribution in [0.15, 0.2) is 81.9 Å². The molecule has 0 fully saturated rings. The van der Waals surface area contributed by atoms with Crippen molar-refractivity contribution in [3.63, 3.8) is 0 Å². The number of rotatable bonds is 6. The van der Waals surface area contributed by atoms with E-state index in [9.17, 15) is 0 Å². The molecule has 2 aromatic heterocycles. The van der Waals surface area contributed by atoms with Gasteiger partial charge in [0, 0.05) is 54.6 Å². The molecule has 0 radical (unpaired) electrons. The maximum atomic E-state index is 6.18. The van der Waals surface area contributed by atoms with Gasteiger partial charge in [-0.3, -0.25) is 15.0 Å². The third kappa shape index (κ3) is 3.91. The monoisotopic (exact) mass is 369 g/mol. The van der Waals surface area contributed by atoms with E-state index in [1.54, 1.807) is 31.7 Å². The highest BCUT2D eigenvalue weighted by Crippen LogP contribution is 2.32. The molecule has 3 rings (SSSR count). The lowest BCUT2D eigenvalue weighted by Crippen LogP contribution is -1.85. The molecule has 3 aromatic rings. The number of hydrogen-bond donors (Lipinski definition) is 0. The fourth-order valence-corrected chi connectivity index (χ4v) is 2.98. The Morgan fingerprint density at radius 3 is 2.54 bits per heavy atom. The van der Waals surface area contributed by atoms with Crippen LogP contribution < -0.4 is 0 Å². The van der Waals surface area contributed by atoms with Crippen LogP contribution in [0, 0.1) is 0 Å². The zero-order valence-corrected chi connectivity index (χ0v) is 16.4. The number of furan rings is 1. The van der Waals surface area contributed by atoms with Gasteiger partial charge >= 0.3 is 0 Å². The Hall–Kier alpha value is -3.53. The molecule has 0 saturated carbocycles. The van der Waals surface area contributed by atoms with Crippen molar-refractivity contribution in [2.45, 2.75) is 13.8 Å². The number of aromatic nitrogens is 1.